The van der Waals surface area contributed by atoms with Crippen LogP contribution < -0.4 is 0 Å². The number of ether oxygens (including phenoxy) is 1. The van der Waals surface area contributed by atoms with Crippen LogP contribution in [0.2, 0.25) is 0 Å². The fourth-order valence-corrected chi connectivity index (χ4v) is 3.05. The maximum Gasteiger partial charge on any atom is 0.199 e. The molecule has 118 valence electrons. The van der Waals surface area contributed by atoms with Crippen molar-refractivity contribution in [1.29, 1.82) is 10.5 Å². The van der Waals surface area contributed by atoms with Gasteiger partial charge >= 0.3 is 0 Å². The molecule has 1 aromatic carbocycles. The van der Waals surface area contributed by atoms with Crippen molar-refractivity contribution in [3.63, 3.8) is 0 Å². The number of hydrogen-bond acceptors (Lipinski definition) is 3. The smallest absolute Gasteiger partial charge is 0.199 e. The molecule has 1 saturated carbocycles. The Kier molecular flexibility index (Phi) is 5.68. The molecule has 1 fully saturated rings. The predicted octanol–water partition coefficient (Wildman–Crippen LogP) is 4.53. The van der Waals surface area contributed by atoms with Crippen LogP contribution >= 0.6 is 0 Å². The molecule has 0 N–H and O–H groups in total. The molecule has 0 unspecified atom stereocenters. The Hall–Kier alpha value is -2.43. The van der Waals surface area contributed by atoms with Crippen molar-refractivity contribution in [2.45, 2.75) is 37.2 Å². The zero-order valence-corrected chi connectivity index (χ0v) is 13.1. The maximum atomic E-state index is 12.8. The Balaban J connectivity index is 2.03. The first-order valence-corrected chi connectivity index (χ1v) is 7.63. The Labute approximate surface area is 136 Å². The summed E-state index contributed by atoms with van der Waals surface area (Å²) >= 11 is 0. The second-order valence-electron chi connectivity index (χ2n) is 5.76. The highest BCUT2D eigenvalue weighted by Crippen LogP contribution is 2.40. The van der Waals surface area contributed by atoms with E-state index in [-0.39, 0.29) is 0 Å². The van der Waals surface area contributed by atoms with E-state index < -0.39 is 11.4 Å². The SMILES string of the molecule is CO[C@]1(C=CC=C(F)C#N)CC[C@H](c2ccc(C#N)cc2)CC1. The minimum Gasteiger partial charge on any atom is -0.374 e. The van der Waals surface area contributed by atoms with E-state index in [4.69, 9.17) is 15.3 Å². The van der Waals surface area contributed by atoms with E-state index in [0.29, 0.717) is 11.5 Å². The van der Waals surface area contributed by atoms with Crippen LogP contribution in [-0.2, 0) is 4.74 Å². The molecule has 0 heterocycles. The van der Waals surface area contributed by atoms with Gasteiger partial charge in [0.2, 0.25) is 0 Å². The molecule has 0 aliphatic heterocycles. The quantitative estimate of drug-likeness (QED) is 0.606. The van der Waals surface area contributed by atoms with Gasteiger partial charge in [-0.25, -0.2) is 0 Å². The lowest BCUT2D eigenvalue weighted by Crippen LogP contribution is -2.33. The lowest BCUT2D eigenvalue weighted by Gasteiger charge is -2.37. The van der Waals surface area contributed by atoms with Crippen LogP contribution in [-0.4, -0.2) is 12.7 Å². The number of nitrogens with zero attached hydrogens (tertiary/aromatic N) is 2. The van der Waals surface area contributed by atoms with Gasteiger partial charge in [-0.1, -0.05) is 24.3 Å². The molecular weight excluding hydrogens is 291 g/mol. The van der Waals surface area contributed by atoms with Gasteiger partial charge in [-0.3, -0.25) is 0 Å². The van der Waals surface area contributed by atoms with Gasteiger partial charge < -0.3 is 4.74 Å². The zero-order chi connectivity index (χ0) is 16.7. The van der Waals surface area contributed by atoms with Crippen molar-refractivity contribution in [1.82, 2.24) is 0 Å². The number of methoxy groups -OCH3 is 1. The molecule has 0 bridgehead atoms. The van der Waals surface area contributed by atoms with Crippen molar-refractivity contribution >= 4 is 0 Å². The summed E-state index contributed by atoms with van der Waals surface area (Å²) in [7, 11) is 1.66. The topological polar surface area (TPSA) is 56.8 Å². The number of rotatable bonds is 4. The van der Waals surface area contributed by atoms with Crippen LogP contribution in [0.5, 0.6) is 0 Å². The van der Waals surface area contributed by atoms with Gasteiger partial charge in [-0.2, -0.15) is 14.9 Å². The minimum atomic E-state index is -0.807. The number of benzene rings is 1. The summed E-state index contributed by atoms with van der Waals surface area (Å²) in [5.74, 6) is -0.357. The molecular formula is C19H19FN2O. The molecule has 23 heavy (non-hydrogen) atoms. The summed E-state index contributed by atoms with van der Waals surface area (Å²) in [5, 5.41) is 17.3. The second kappa shape index (κ2) is 7.72. The van der Waals surface area contributed by atoms with Crippen molar-refractivity contribution in [3.05, 3.63) is 59.4 Å². The average molecular weight is 310 g/mol. The van der Waals surface area contributed by atoms with E-state index in [1.54, 1.807) is 13.2 Å². The van der Waals surface area contributed by atoms with Crippen molar-refractivity contribution < 1.29 is 9.13 Å². The predicted molar refractivity (Wildman–Crippen MR) is 86.1 cm³/mol. The highest BCUT2D eigenvalue weighted by atomic mass is 19.1. The lowest BCUT2D eigenvalue weighted by atomic mass is 9.75. The molecule has 3 nitrogen and oxygen atoms in total. The number of hydrogen-bond donors (Lipinski definition) is 0. The molecule has 4 heteroatoms. The van der Waals surface area contributed by atoms with Crippen LogP contribution in [0.1, 0.15) is 42.7 Å². The molecule has 0 saturated heterocycles. The Morgan fingerprint density at radius 3 is 2.43 bits per heavy atom. The van der Waals surface area contributed by atoms with Gasteiger partial charge in [0.25, 0.3) is 0 Å². The Morgan fingerprint density at radius 2 is 1.91 bits per heavy atom. The molecule has 1 aliphatic carbocycles. The molecule has 0 amide bonds. The third kappa shape index (κ3) is 4.28. The van der Waals surface area contributed by atoms with E-state index in [2.05, 4.69) is 6.07 Å². The van der Waals surface area contributed by atoms with E-state index in [1.807, 2.05) is 30.3 Å². The van der Waals surface area contributed by atoms with Crippen LogP contribution in [0.4, 0.5) is 4.39 Å². The Bertz CT molecular complexity index is 669. The van der Waals surface area contributed by atoms with Gasteiger partial charge in [0.15, 0.2) is 5.83 Å². The number of halogens is 1. The van der Waals surface area contributed by atoms with Crippen LogP contribution in [0, 0.1) is 22.7 Å². The third-order valence-electron chi connectivity index (χ3n) is 4.50. The second-order valence-corrected chi connectivity index (χ2v) is 5.76. The first-order chi connectivity index (χ1) is 11.1. The fourth-order valence-electron chi connectivity index (χ4n) is 3.05. The van der Waals surface area contributed by atoms with Crippen molar-refractivity contribution in [2.24, 2.45) is 0 Å². The lowest BCUT2D eigenvalue weighted by molar-refractivity contribution is -0.00220. The third-order valence-corrected chi connectivity index (χ3v) is 4.50. The summed E-state index contributed by atoms with van der Waals surface area (Å²) in [6.45, 7) is 0. The highest BCUT2D eigenvalue weighted by molar-refractivity contribution is 5.33. The van der Waals surface area contributed by atoms with Gasteiger partial charge in [0.1, 0.15) is 6.07 Å². The van der Waals surface area contributed by atoms with E-state index >= 15 is 0 Å². The van der Waals surface area contributed by atoms with Gasteiger partial charge in [-0.05, 0) is 55.4 Å². The molecule has 0 aromatic heterocycles. The fraction of sp³-hybridized carbons (Fsp3) is 0.368. The normalized spacial score (nSPS) is 25.0. The van der Waals surface area contributed by atoms with Crippen LogP contribution in [0.3, 0.4) is 0 Å². The summed E-state index contributed by atoms with van der Waals surface area (Å²) in [6, 6.07) is 11.3. The van der Waals surface area contributed by atoms with E-state index in [9.17, 15) is 4.39 Å². The first-order valence-electron chi connectivity index (χ1n) is 7.63. The van der Waals surface area contributed by atoms with Gasteiger partial charge in [0.05, 0.1) is 17.2 Å². The molecule has 0 spiro atoms. The van der Waals surface area contributed by atoms with Gasteiger partial charge in [-0.15, -0.1) is 0 Å². The summed E-state index contributed by atoms with van der Waals surface area (Å²) in [4.78, 5) is 0. The monoisotopic (exact) mass is 310 g/mol. The number of nitriles is 2. The van der Waals surface area contributed by atoms with Crippen molar-refractivity contribution in [2.75, 3.05) is 7.11 Å². The molecule has 2 rings (SSSR count). The maximum absolute atomic E-state index is 12.8. The van der Waals surface area contributed by atoms with Crippen LogP contribution in [0.15, 0.2) is 48.3 Å². The first kappa shape index (κ1) is 16.9. The summed E-state index contributed by atoms with van der Waals surface area (Å²) in [6.07, 6.45) is 8.18. The average Bonchev–Trinajstić information content (AvgIpc) is 2.62. The zero-order valence-electron chi connectivity index (χ0n) is 13.1. The standard InChI is InChI=1S/C19H19FN2O/c1-23-19(10-2-3-18(20)14-22)11-8-17(9-12-19)16-6-4-15(13-21)5-7-16/h2-7,10,17H,8-9,11-12H2,1H3/t17-,19+. The van der Waals surface area contributed by atoms with Crippen LogP contribution in [0.25, 0.3) is 0 Å². The molecule has 0 atom stereocenters. The molecule has 0 radical (unpaired) electrons. The number of allylic oxidation sites excluding steroid dienone is 3. The highest BCUT2D eigenvalue weighted by Gasteiger charge is 2.33. The van der Waals surface area contributed by atoms with Crippen molar-refractivity contribution in [3.8, 4) is 12.1 Å². The largest absolute Gasteiger partial charge is 0.374 e. The molecule has 1 aromatic rings. The Morgan fingerprint density at radius 1 is 1.26 bits per heavy atom. The summed E-state index contributed by atoms with van der Waals surface area (Å²) in [5.41, 5.74) is 1.52. The summed E-state index contributed by atoms with van der Waals surface area (Å²) < 4.78 is 18.5. The van der Waals surface area contributed by atoms with E-state index in [0.717, 1.165) is 31.8 Å². The van der Waals surface area contributed by atoms with E-state index in [1.165, 1.54) is 11.6 Å². The molecule has 1 aliphatic rings. The van der Waals surface area contributed by atoms with Gasteiger partial charge in [0, 0.05) is 7.11 Å². The minimum absolute atomic E-state index is 0.394.